The zero-order chi connectivity index (χ0) is 15.2. The monoisotopic (exact) mass is 287 g/mol. The molecule has 0 aliphatic heterocycles. The Morgan fingerprint density at radius 1 is 1.24 bits per heavy atom. The number of rotatable bonds is 5. The molecule has 5 heteroatoms. The van der Waals surface area contributed by atoms with Crippen molar-refractivity contribution in [1.82, 2.24) is 4.98 Å². The lowest BCUT2D eigenvalue weighted by Gasteiger charge is -2.13. The topological polar surface area (TPSA) is 54.0 Å². The van der Waals surface area contributed by atoms with Gasteiger partial charge >= 0.3 is 0 Å². The summed E-state index contributed by atoms with van der Waals surface area (Å²) >= 11 is 0. The van der Waals surface area contributed by atoms with Crippen LogP contribution in [0, 0.1) is 5.82 Å². The Kier molecular flexibility index (Phi) is 4.87. The maximum atomic E-state index is 12.8. The van der Waals surface area contributed by atoms with Crippen LogP contribution in [0.5, 0.6) is 0 Å². The van der Waals surface area contributed by atoms with E-state index in [1.807, 2.05) is 6.07 Å². The van der Waals surface area contributed by atoms with Gasteiger partial charge < -0.3 is 10.6 Å². The molecule has 0 aliphatic rings. The normalized spacial score (nSPS) is 11.8. The molecule has 0 spiro atoms. The largest absolute Gasteiger partial charge is 0.382 e. The van der Waals surface area contributed by atoms with Crippen molar-refractivity contribution in [1.29, 1.82) is 0 Å². The molecule has 1 unspecified atom stereocenters. The zero-order valence-electron chi connectivity index (χ0n) is 12.1. The van der Waals surface area contributed by atoms with E-state index < -0.39 is 0 Å². The molecule has 0 radical (unpaired) electrons. The molecule has 0 fully saturated rings. The molecule has 1 aromatic carbocycles. The Morgan fingerprint density at radius 3 is 2.62 bits per heavy atom. The van der Waals surface area contributed by atoms with Gasteiger partial charge in [0.05, 0.1) is 0 Å². The molecule has 2 N–H and O–H groups in total. The van der Waals surface area contributed by atoms with Gasteiger partial charge in [-0.3, -0.25) is 9.78 Å². The van der Waals surface area contributed by atoms with E-state index in [2.05, 4.69) is 29.5 Å². The number of hydrogen-bond acceptors (Lipinski definition) is 3. The first-order valence-corrected chi connectivity index (χ1v) is 6.88. The predicted molar refractivity (Wildman–Crippen MR) is 82.0 cm³/mol. The average Bonchev–Trinajstić information content (AvgIpc) is 2.49. The van der Waals surface area contributed by atoms with E-state index in [4.69, 9.17) is 0 Å². The summed E-state index contributed by atoms with van der Waals surface area (Å²) in [6, 6.07) is 9.45. The van der Waals surface area contributed by atoms with Crippen molar-refractivity contribution in [2.75, 3.05) is 10.6 Å². The van der Waals surface area contributed by atoms with Crippen LogP contribution in [0.15, 0.2) is 42.6 Å². The lowest BCUT2D eigenvalue weighted by atomic mass is 10.2. The number of nitrogens with one attached hydrogen (secondary N) is 2. The number of hydrogen-bond donors (Lipinski definition) is 2. The van der Waals surface area contributed by atoms with Gasteiger partial charge in [0.15, 0.2) is 0 Å². The summed E-state index contributed by atoms with van der Waals surface area (Å²) in [6.07, 6.45) is 2.57. The number of nitrogens with zero attached hydrogens (tertiary/aromatic N) is 1. The lowest BCUT2D eigenvalue weighted by Crippen LogP contribution is -2.16. The van der Waals surface area contributed by atoms with Crippen LogP contribution in [0.3, 0.4) is 0 Å². The van der Waals surface area contributed by atoms with E-state index in [1.54, 1.807) is 12.3 Å². The maximum Gasteiger partial charge on any atom is 0.274 e. The van der Waals surface area contributed by atoms with E-state index in [-0.39, 0.29) is 11.7 Å². The van der Waals surface area contributed by atoms with E-state index >= 15 is 0 Å². The SMILES string of the molecule is CCC(C)Nc1ccnc(C(=O)Nc2ccc(F)cc2)c1. The summed E-state index contributed by atoms with van der Waals surface area (Å²) in [5.41, 5.74) is 1.69. The number of anilines is 2. The molecule has 1 heterocycles. The van der Waals surface area contributed by atoms with Gasteiger partial charge in [0.2, 0.25) is 0 Å². The number of benzene rings is 1. The van der Waals surface area contributed by atoms with Crippen molar-refractivity contribution in [3.05, 3.63) is 54.1 Å². The Labute approximate surface area is 123 Å². The number of aromatic nitrogens is 1. The highest BCUT2D eigenvalue weighted by atomic mass is 19.1. The fraction of sp³-hybridized carbons (Fsp3) is 0.250. The van der Waals surface area contributed by atoms with Gasteiger partial charge in [-0.1, -0.05) is 6.92 Å². The number of carbonyl (C=O) groups is 1. The van der Waals surface area contributed by atoms with Crippen molar-refractivity contribution in [3.8, 4) is 0 Å². The van der Waals surface area contributed by atoms with Crippen molar-refractivity contribution in [3.63, 3.8) is 0 Å². The minimum absolute atomic E-state index is 0.313. The van der Waals surface area contributed by atoms with Gasteiger partial charge in [-0.25, -0.2) is 4.39 Å². The molecule has 1 aromatic heterocycles. The van der Waals surface area contributed by atoms with E-state index in [0.29, 0.717) is 17.4 Å². The number of carbonyl (C=O) groups excluding carboxylic acids is 1. The highest BCUT2D eigenvalue weighted by Crippen LogP contribution is 2.13. The lowest BCUT2D eigenvalue weighted by molar-refractivity contribution is 0.102. The smallest absolute Gasteiger partial charge is 0.274 e. The van der Waals surface area contributed by atoms with Gasteiger partial charge in [-0.05, 0) is 49.7 Å². The quantitative estimate of drug-likeness (QED) is 0.882. The van der Waals surface area contributed by atoms with Crippen LogP contribution in [0.1, 0.15) is 30.8 Å². The van der Waals surface area contributed by atoms with Crippen molar-refractivity contribution < 1.29 is 9.18 Å². The molecular formula is C16H18FN3O. The van der Waals surface area contributed by atoms with Crippen LogP contribution in [0.2, 0.25) is 0 Å². The van der Waals surface area contributed by atoms with E-state index in [9.17, 15) is 9.18 Å². The second-order valence-corrected chi connectivity index (χ2v) is 4.84. The first-order valence-electron chi connectivity index (χ1n) is 6.88. The highest BCUT2D eigenvalue weighted by molar-refractivity contribution is 6.03. The van der Waals surface area contributed by atoms with Crippen LogP contribution in [0.25, 0.3) is 0 Å². The third-order valence-electron chi connectivity index (χ3n) is 3.12. The Hall–Kier alpha value is -2.43. The fourth-order valence-corrected chi connectivity index (χ4v) is 1.76. The van der Waals surface area contributed by atoms with Crippen molar-refractivity contribution in [2.45, 2.75) is 26.3 Å². The standard InChI is InChI=1S/C16H18FN3O/c1-3-11(2)19-14-8-9-18-15(10-14)16(21)20-13-6-4-12(17)5-7-13/h4-11H,3H2,1-2H3,(H,18,19)(H,20,21). The van der Waals surface area contributed by atoms with E-state index in [1.165, 1.54) is 24.3 Å². The van der Waals surface area contributed by atoms with Crippen LogP contribution >= 0.6 is 0 Å². The molecule has 2 aromatic rings. The third kappa shape index (κ3) is 4.27. The minimum atomic E-state index is -0.342. The summed E-state index contributed by atoms with van der Waals surface area (Å²) in [7, 11) is 0. The molecule has 21 heavy (non-hydrogen) atoms. The summed E-state index contributed by atoms with van der Waals surface area (Å²) in [5.74, 6) is -0.666. The van der Waals surface area contributed by atoms with Crippen LogP contribution in [0.4, 0.5) is 15.8 Å². The fourth-order valence-electron chi connectivity index (χ4n) is 1.76. The molecule has 0 saturated heterocycles. The summed E-state index contributed by atoms with van der Waals surface area (Å²) in [5, 5.41) is 5.97. The summed E-state index contributed by atoms with van der Waals surface area (Å²) in [6.45, 7) is 4.15. The first-order chi connectivity index (χ1) is 10.1. The van der Waals surface area contributed by atoms with Gasteiger partial charge in [0.25, 0.3) is 5.91 Å². The Balaban J connectivity index is 2.08. The summed E-state index contributed by atoms with van der Waals surface area (Å²) < 4.78 is 12.8. The molecule has 0 saturated carbocycles. The molecule has 1 amide bonds. The minimum Gasteiger partial charge on any atom is -0.382 e. The van der Waals surface area contributed by atoms with E-state index in [0.717, 1.165) is 12.1 Å². The first kappa shape index (κ1) is 15.0. The van der Waals surface area contributed by atoms with Crippen LogP contribution < -0.4 is 10.6 Å². The molecule has 110 valence electrons. The molecule has 2 rings (SSSR count). The molecule has 0 bridgehead atoms. The highest BCUT2D eigenvalue weighted by Gasteiger charge is 2.09. The van der Waals surface area contributed by atoms with Crippen LogP contribution in [-0.4, -0.2) is 16.9 Å². The molecule has 1 atom stereocenters. The average molecular weight is 287 g/mol. The molecule has 4 nitrogen and oxygen atoms in total. The van der Waals surface area contributed by atoms with Gasteiger partial charge in [-0.15, -0.1) is 0 Å². The second kappa shape index (κ2) is 6.83. The van der Waals surface area contributed by atoms with Gasteiger partial charge in [0, 0.05) is 23.6 Å². The Bertz CT molecular complexity index is 613. The third-order valence-corrected chi connectivity index (χ3v) is 3.12. The van der Waals surface area contributed by atoms with Gasteiger partial charge in [-0.2, -0.15) is 0 Å². The Morgan fingerprint density at radius 2 is 1.95 bits per heavy atom. The molecule has 0 aliphatic carbocycles. The maximum absolute atomic E-state index is 12.8. The summed E-state index contributed by atoms with van der Waals surface area (Å²) in [4.78, 5) is 16.2. The van der Waals surface area contributed by atoms with Crippen molar-refractivity contribution >= 4 is 17.3 Å². The zero-order valence-corrected chi connectivity index (χ0v) is 12.1. The number of amides is 1. The molecular weight excluding hydrogens is 269 g/mol. The van der Waals surface area contributed by atoms with Crippen LogP contribution in [-0.2, 0) is 0 Å². The predicted octanol–water partition coefficient (Wildman–Crippen LogP) is 3.68. The number of pyridine rings is 1. The number of halogens is 1. The second-order valence-electron chi connectivity index (χ2n) is 4.84. The van der Waals surface area contributed by atoms with Crippen molar-refractivity contribution in [2.24, 2.45) is 0 Å². The van der Waals surface area contributed by atoms with Gasteiger partial charge in [0.1, 0.15) is 11.5 Å².